The summed E-state index contributed by atoms with van der Waals surface area (Å²) in [5.74, 6) is 0.591. The molecule has 7 heteroatoms. The van der Waals surface area contributed by atoms with E-state index in [4.69, 9.17) is 4.74 Å². The smallest absolute Gasteiger partial charge is 0.191 e. The maximum absolute atomic E-state index is 13.6. The molecule has 0 radical (unpaired) electrons. The molecule has 0 saturated carbocycles. The molecule has 1 atom stereocenters. The molecule has 1 fully saturated rings. The summed E-state index contributed by atoms with van der Waals surface area (Å²) in [7, 11) is 0. The highest BCUT2D eigenvalue weighted by molar-refractivity contribution is 14.0. The van der Waals surface area contributed by atoms with E-state index in [1.165, 1.54) is 6.07 Å². The third kappa shape index (κ3) is 6.52. The molecule has 0 aromatic heterocycles. The van der Waals surface area contributed by atoms with Crippen LogP contribution in [0.15, 0.2) is 29.3 Å². The lowest BCUT2D eigenvalue weighted by molar-refractivity contribution is 0.0179. The second kappa shape index (κ2) is 11.6. The van der Waals surface area contributed by atoms with Crippen LogP contribution in [0.5, 0.6) is 0 Å². The Morgan fingerprint density at radius 2 is 1.92 bits per heavy atom. The maximum Gasteiger partial charge on any atom is 0.191 e. The standard InChI is InChI=1S/C17H27FN4O.HI/c1-3-19-17(20-4-2)21-13-16(22-8-10-23-11-9-22)14-6-5-7-15(18)12-14;/h5-7,12,16H,3-4,8-11,13H2,1-2H3,(H2,19,20,21);1H. The minimum atomic E-state index is -0.205. The Bertz CT molecular complexity index is 501. The fourth-order valence-electron chi connectivity index (χ4n) is 2.72. The molecule has 1 aromatic rings. The second-order valence-electron chi connectivity index (χ2n) is 5.47. The number of halogens is 2. The molecule has 24 heavy (non-hydrogen) atoms. The van der Waals surface area contributed by atoms with Crippen LogP contribution >= 0.6 is 24.0 Å². The first kappa shape index (κ1) is 21.1. The minimum absolute atomic E-state index is 0. The average molecular weight is 450 g/mol. The lowest BCUT2D eigenvalue weighted by Crippen LogP contribution is -2.41. The van der Waals surface area contributed by atoms with Crippen molar-refractivity contribution in [3.05, 3.63) is 35.6 Å². The zero-order valence-corrected chi connectivity index (χ0v) is 16.8. The van der Waals surface area contributed by atoms with E-state index in [1.807, 2.05) is 19.9 Å². The molecular formula is C17H28FIN4O. The predicted molar refractivity (Wildman–Crippen MR) is 107 cm³/mol. The van der Waals surface area contributed by atoms with E-state index in [0.717, 1.165) is 37.7 Å². The topological polar surface area (TPSA) is 48.9 Å². The first-order chi connectivity index (χ1) is 11.2. The average Bonchev–Trinajstić information content (AvgIpc) is 2.56. The highest BCUT2D eigenvalue weighted by Gasteiger charge is 2.23. The zero-order chi connectivity index (χ0) is 16.5. The van der Waals surface area contributed by atoms with Gasteiger partial charge in [-0.3, -0.25) is 9.89 Å². The summed E-state index contributed by atoms with van der Waals surface area (Å²) in [4.78, 5) is 6.99. The van der Waals surface area contributed by atoms with Crippen LogP contribution in [0, 0.1) is 5.82 Å². The number of rotatable bonds is 6. The fourth-order valence-corrected chi connectivity index (χ4v) is 2.72. The first-order valence-corrected chi connectivity index (χ1v) is 8.34. The van der Waals surface area contributed by atoms with E-state index in [0.29, 0.717) is 19.8 Å². The minimum Gasteiger partial charge on any atom is -0.379 e. The normalized spacial score (nSPS) is 16.0. The summed E-state index contributed by atoms with van der Waals surface area (Å²) in [6.45, 7) is 9.40. The van der Waals surface area contributed by atoms with Gasteiger partial charge in [-0.05, 0) is 31.5 Å². The number of benzene rings is 1. The van der Waals surface area contributed by atoms with Gasteiger partial charge in [0.15, 0.2) is 5.96 Å². The van der Waals surface area contributed by atoms with Gasteiger partial charge in [0.05, 0.1) is 25.8 Å². The Hall–Kier alpha value is -0.930. The Balaban J connectivity index is 0.00000288. The van der Waals surface area contributed by atoms with E-state index < -0.39 is 0 Å². The number of aliphatic imine (C=N–C) groups is 1. The van der Waals surface area contributed by atoms with Crippen LogP contribution in [0.3, 0.4) is 0 Å². The van der Waals surface area contributed by atoms with E-state index in [9.17, 15) is 4.39 Å². The molecule has 5 nitrogen and oxygen atoms in total. The van der Waals surface area contributed by atoms with Gasteiger partial charge in [-0.25, -0.2) is 4.39 Å². The van der Waals surface area contributed by atoms with Crippen LogP contribution in [0.25, 0.3) is 0 Å². The summed E-state index contributed by atoms with van der Waals surface area (Å²) >= 11 is 0. The summed E-state index contributed by atoms with van der Waals surface area (Å²) in [5.41, 5.74) is 0.961. The van der Waals surface area contributed by atoms with Crippen LogP contribution in [0.4, 0.5) is 4.39 Å². The van der Waals surface area contributed by atoms with Gasteiger partial charge in [0.25, 0.3) is 0 Å². The first-order valence-electron chi connectivity index (χ1n) is 8.34. The van der Waals surface area contributed by atoms with Gasteiger partial charge in [-0.2, -0.15) is 0 Å². The third-order valence-electron chi connectivity index (χ3n) is 3.83. The van der Waals surface area contributed by atoms with Crippen molar-refractivity contribution in [2.75, 3.05) is 45.9 Å². The molecule has 1 aliphatic heterocycles. The number of hydrogen-bond acceptors (Lipinski definition) is 3. The lowest BCUT2D eigenvalue weighted by Gasteiger charge is -2.34. The largest absolute Gasteiger partial charge is 0.379 e. The SMILES string of the molecule is CCNC(=NCC(c1cccc(F)c1)N1CCOCC1)NCC.I. The molecule has 1 saturated heterocycles. The van der Waals surface area contributed by atoms with Crippen LogP contribution in [-0.4, -0.2) is 56.8 Å². The van der Waals surface area contributed by atoms with Crippen molar-refractivity contribution in [3.8, 4) is 0 Å². The summed E-state index contributed by atoms with van der Waals surface area (Å²) in [6, 6.07) is 6.87. The molecule has 0 amide bonds. The molecular weight excluding hydrogens is 422 g/mol. The van der Waals surface area contributed by atoms with Gasteiger partial charge in [0.2, 0.25) is 0 Å². The van der Waals surface area contributed by atoms with E-state index in [1.54, 1.807) is 12.1 Å². The maximum atomic E-state index is 13.6. The van der Waals surface area contributed by atoms with Crippen LogP contribution < -0.4 is 10.6 Å². The molecule has 0 aliphatic carbocycles. The van der Waals surface area contributed by atoms with Gasteiger partial charge in [0.1, 0.15) is 5.82 Å². The molecule has 2 rings (SSSR count). The van der Waals surface area contributed by atoms with Crippen molar-refractivity contribution < 1.29 is 9.13 Å². The van der Waals surface area contributed by atoms with Gasteiger partial charge in [-0.1, -0.05) is 12.1 Å². The summed E-state index contributed by atoms with van der Waals surface area (Å²) in [5, 5.41) is 6.45. The van der Waals surface area contributed by atoms with Crippen LogP contribution in [-0.2, 0) is 4.74 Å². The van der Waals surface area contributed by atoms with Gasteiger partial charge in [0, 0.05) is 26.2 Å². The Labute approximate surface area is 161 Å². The quantitative estimate of drug-likeness (QED) is 0.397. The summed E-state index contributed by atoms with van der Waals surface area (Å²) < 4.78 is 19.1. The van der Waals surface area contributed by atoms with Crippen LogP contribution in [0.2, 0.25) is 0 Å². The lowest BCUT2D eigenvalue weighted by atomic mass is 10.0. The van der Waals surface area contributed by atoms with Gasteiger partial charge < -0.3 is 15.4 Å². The Kier molecular flexibility index (Phi) is 10.2. The highest BCUT2D eigenvalue weighted by atomic mass is 127. The molecule has 136 valence electrons. The molecule has 1 aromatic carbocycles. The van der Waals surface area contributed by atoms with Crippen molar-refractivity contribution in [2.45, 2.75) is 19.9 Å². The number of ether oxygens (including phenoxy) is 1. The van der Waals surface area contributed by atoms with Crippen molar-refractivity contribution in [2.24, 2.45) is 4.99 Å². The highest BCUT2D eigenvalue weighted by Crippen LogP contribution is 2.23. The summed E-state index contributed by atoms with van der Waals surface area (Å²) in [6.07, 6.45) is 0. The van der Waals surface area contributed by atoms with Crippen molar-refractivity contribution in [3.63, 3.8) is 0 Å². The molecule has 0 bridgehead atoms. The number of nitrogens with zero attached hydrogens (tertiary/aromatic N) is 2. The number of morpholine rings is 1. The fraction of sp³-hybridized carbons (Fsp3) is 0.588. The van der Waals surface area contributed by atoms with Crippen molar-refractivity contribution in [1.82, 2.24) is 15.5 Å². The van der Waals surface area contributed by atoms with Crippen molar-refractivity contribution in [1.29, 1.82) is 0 Å². The van der Waals surface area contributed by atoms with Gasteiger partial charge in [-0.15, -0.1) is 24.0 Å². The molecule has 1 aliphatic rings. The third-order valence-corrected chi connectivity index (χ3v) is 3.83. The Morgan fingerprint density at radius 1 is 1.25 bits per heavy atom. The Morgan fingerprint density at radius 3 is 2.50 bits per heavy atom. The van der Waals surface area contributed by atoms with E-state index >= 15 is 0 Å². The predicted octanol–water partition coefficient (Wildman–Crippen LogP) is 2.39. The molecule has 1 unspecified atom stereocenters. The molecule has 1 heterocycles. The zero-order valence-electron chi connectivity index (χ0n) is 14.4. The molecule has 2 N–H and O–H groups in total. The monoisotopic (exact) mass is 450 g/mol. The number of guanidine groups is 1. The van der Waals surface area contributed by atoms with Gasteiger partial charge >= 0.3 is 0 Å². The van der Waals surface area contributed by atoms with Crippen molar-refractivity contribution >= 4 is 29.9 Å². The van der Waals surface area contributed by atoms with E-state index in [2.05, 4.69) is 20.5 Å². The van der Waals surface area contributed by atoms with E-state index in [-0.39, 0.29) is 35.8 Å². The number of hydrogen-bond donors (Lipinski definition) is 2. The molecule has 0 spiro atoms. The number of nitrogens with one attached hydrogen (secondary N) is 2. The second-order valence-corrected chi connectivity index (χ2v) is 5.47. The van der Waals surface area contributed by atoms with Crippen LogP contribution in [0.1, 0.15) is 25.5 Å².